The number of hydrogen-bond donors (Lipinski definition) is 0. The van der Waals surface area contributed by atoms with Gasteiger partial charge in [-0.05, 0) is 35.6 Å². The second-order valence-electron chi connectivity index (χ2n) is 6.89. The minimum Gasteiger partial charge on any atom is -0.465 e. The Morgan fingerprint density at radius 2 is 1.96 bits per heavy atom. The summed E-state index contributed by atoms with van der Waals surface area (Å²) in [6, 6.07) is 15.8. The molecule has 0 aliphatic carbocycles. The van der Waals surface area contributed by atoms with Crippen molar-refractivity contribution in [1.29, 1.82) is 0 Å². The third-order valence-electron chi connectivity index (χ3n) is 5.23. The predicted octanol–water partition coefficient (Wildman–Crippen LogP) is 3.44. The molecule has 4 nitrogen and oxygen atoms in total. The van der Waals surface area contributed by atoms with Crippen LogP contribution in [0, 0.1) is 17.8 Å². The van der Waals surface area contributed by atoms with E-state index in [1.165, 1.54) is 12.7 Å². The number of likely N-dealkylation sites (tertiary alicyclic amines) is 1. The molecule has 27 heavy (non-hydrogen) atoms. The van der Waals surface area contributed by atoms with Gasteiger partial charge in [0.25, 0.3) is 0 Å². The lowest BCUT2D eigenvalue weighted by molar-refractivity contribution is -0.155. The SMILES string of the molecule is C#CC1(CC)CN(Cc2ccc(Cc3ccccc3)cc2C(=O)OC)C1=O. The number of carbonyl (C=O) groups excluding carboxylic acids is 2. The van der Waals surface area contributed by atoms with Crippen molar-refractivity contribution >= 4 is 11.9 Å². The van der Waals surface area contributed by atoms with E-state index in [2.05, 4.69) is 18.1 Å². The molecule has 2 aromatic carbocycles. The molecule has 0 radical (unpaired) electrons. The first-order chi connectivity index (χ1) is 13.0. The molecule has 2 aromatic rings. The van der Waals surface area contributed by atoms with Crippen LogP contribution in [0.5, 0.6) is 0 Å². The maximum absolute atomic E-state index is 12.5. The van der Waals surface area contributed by atoms with Crippen LogP contribution in [0.25, 0.3) is 0 Å². The van der Waals surface area contributed by atoms with Crippen molar-refractivity contribution < 1.29 is 14.3 Å². The lowest BCUT2D eigenvalue weighted by Gasteiger charge is -2.45. The van der Waals surface area contributed by atoms with E-state index in [-0.39, 0.29) is 5.91 Å². The molecular formula is C23H23NO3. The summed E-state index contributed by atoms with van der Waals surface area (Å²) in [4.78, 5) is 26.5. The van der Waals surface area contributed by atoms with E-state index in [1.807, 2.05) is 43.3 Å². The fraction of sp³-hybridized carbons (Fsp3) is 0.304. The summed E-state index contributed by atoms with van der Waals surface area (Å²) in [5.41, 5.74) is 2.77. The summed E-state index contributed by atoms with van der Waals surface area (Å²) in [5.74, 6) is 2.19. The summed E-state index contributed by atoms with van der Waals surface area (Å²) in [5, 5.41) is 0. The lowest BCUT2D eigenvalue weighted by atomic mass is 9.77. The molecule has 0 spiro atoms. The standard InChI is InChI=1S/C23H23NO3/c1-4-23(5-2)16-24(22(23)26)15-19-12-11-18(14-20(19)21(25)27-3)13-17-9-7-6-8-10-17/h1,6-12,14H,5,13,15-16H2,2-3H3. The number of methoxy groups -OCH3 is 1. The Bertz CT molecular complexity index is 898. The average Bonchev–Trinajstić information content (AvgIpc) is 2.71. The number of rotatable bonds is 6. The van der Waals surface area contributed by atoms with E-state index in [4.69, 9.17) is 11.2 Å². The Kier molecular flexibility index (Phi) is 5.32. The minimum atomic E-state index is -0.682. The highest BCUT2D eigenvalue weighted by atomic mass is 16.5. The van der Waals surface area contributed by atoms with Gasteiger partial charge in [-0.2, -0.15) is 0 Å². The maximum Gasteiger partial charge on any atom is 0.338 e. The number of terminal acetylenes is 1. The smallest absolute Gasteiger partial charge is 0.338 e. The van der Waals surface area contributed by atoms with Gasteiger partial charge in [0.1, 0.15) is 5.41 Å². The van der Waals surface area contributed by atoms with Crippen LogP contribution in [0.1, 0.15) is 40.4 Å². The average molecular weight is 361 g/mol. The van der Waals surface area contributed by atoms with E-state index in [9.17, 15) is 9.59 Å². The van der Waals surface area contributed by atoms with Gasteiger partial charge in [-0.3, -0.25) is 4.79 Å². The Labute approximate surface area is 160 Å². The predicted molar refractivity (Wildman–Crippen MR) is 104 cm³/mol. The molecule has 1 heterocycles. The normalized spacial score (nSPS) is 18.6. The monoisotopic (exact) mass is 361 g/mol. The first-order valence-corrected chi connectivity index (χ1v) is 9.04. The van der Waals surface area contributed by atoms with E-state index in [1.54, 1.807) is 4.90 Å². The molecule has 0 saturated carbocycles. The molecule has 1 aliphatic rings. The van der Waals surface area contributed by atoms with E-state index >= 15 is 0 Å². The molecule has 4 heteroatoms. The van der Waals surface area contributed by atoms with Crippen LogP contribution < -0.4 is 0 Å². The van der Waals surface area contributed by atoms with Gasteiger partial charge in [0.05, 0.1) is 12.7 Å². The van der Waals surface area contributed by atoms with Crippen LogP contribution >= 0.6 is 0 Å². The molecule has 3 rings (SSSR count). The highest BCUT2D eigenvalue weighted by Crippen LogP contribution is 2.36. The van der Waals surface area contributed by atoms with Crippen LogP contribution in [0.3, 0.4) is 0 Å². The number of nitrogens with zero attached hydrogens (tertiary/aromatic N) is 1. The van der Waals surface area contributed by atoms with E-state index < -0.39 is 11.4 Å². The Morgan fingerprint density at radius 3 is 2.56 bits per heavy atom. The zero-order valence-electron chi connectivity index (χ0n) is 15.7. The molecule has 0 N–H and O–H groups in total. The van der Waals surface area contributed by atoms with Gasteiger partial charge in [-0.15, -0.1) is 6.42 Å². The van der Waals surface area contributed by atoms with Crippen molar-refractivity contribution in [2.75, 3.05) is 13.7 Å². The molecular weight excluding hydrogens is 338 g/mol. The van der Waals surface area contributed by atoms with Gasteiger partial charge in [-0.25, -0.2) is 4.79 Å². The van der Waals surface area contributed by atoms with E-state index in [0.29, 0.717) is 25.1 Å². The zero-order chi connectivity index (χ0) is 19.4. The third kappa shape index (κ3) is 3.59. The Balaban J connectivity index is 1.82. The minimum absolute atomic E-state index is 0.0447. The summed E-state index contributed by atoms with van der Waals surface area (Å²) >= 11 is 0. The van der Waals surface area contributed by atoms with Crippen molar-refractivity contribution in [3.8, 4) is 12.3 Å². The molecule has 0 aromatic heterocycles. The zero-order valence-corrected chi connectivity index (χ0v) is 15.7. The van der Waals surface area contributed by atoms with Gasteiger partial charge in [-0.1, -0.05) is 55.3 Å². The second-order valence-corrected chi connectivity index (χ2v) is 6.89. The van der Waals surface area contributed by atoms with Crippen LogP contribution in [-0.2, 0) is 22.5 Å². The highest BCUT2D eigenvalue weighted by Gasteiger charge is 2.49. The molecule has 1 fully saturated rings. The van der Waals surface area contributed by atoms with Crippen molar-refractivity contribution in [1.82, 2.24) is 4.90 Å². The summed E-state index contributed by atoms with van der Waals surface area (Å²) in [6.07, 6.45) is 6.90. The lowest BCUT2D eigenvalue weighted by Crippen LogP contribution is -2.59. The Hall–Kier alpha value is -3.06. The van der Waals surface area contributed by atoms with Crippen molar-refractivity contribution in [3.05, 3.63) is 70.8 Å². The van der Waals surface area contributed by atoms with Crippen molar-refractivity contribution in [2.45, 2.75) is 26.3 Å². The molecule has 1 unspecified atom stereocenters. The molecule has 138 valence electrons. The fourth-order valence-corrected chi connectivity index (χ4v) is 3.49. The number of β-lactam (4-membered cyclic amide) rings is 1. The number of amides is 1. The summed E-state index contributed by atoms with van der Waals surface area (Å²) in [6.45, 7) is 2.80. The maximum atomic E-state index is 12.5. The molecule has 1 aliphatic heterocycles. The summed E-state index contributed by atoms with van der Waals surface area (Å²) < 4.78 is 4.95. The Morgan fingerprint density at radius 1 is 1.22 bits per heavy atom. The first-order valence-electron chi connectivity index (χ1n) is 9.04. The largest absolute Gasteiger partial charge is 0.465 e. The quantitative estimate of drug-likeness (QED) is 0.450. The number of ether oxygens (including phenoxy) is 1. The number of benzene rings is 2. The third-order valence-corrected chi connectivity index (χ3v) is 5.23. The number of esters is 1. The van der Waals surface area contributed by atoms with Gasteiger partial charge >= 0.3 is 5.97 Å². The van der Waals surface area contributed by atoms with Gasteiger partial charge in [0.2, 0.25) is 5.91 Å². The van der Waals surface area contributed by atoms with Gasteiger partial charge < -0.3 is 9.64 Å². The fourth-order valence-electron chi connectivity index (χ4n) is 3.49. The molecule has 0 bridgehead atoms. The van der Waals surface area contributed by atoms with E-state index in [0.717, 1.165) is 17.5 Å². The number of carbonyl (C=O) groups is 2. The topological polar surface area (TPSA) is 46.6 Å². The van der Waals surface area contributed by atoms with Crippen LogP contribution in [0.2, 0.25) is 0 Å². The molecule has 1 atom stereocenters. The number of hydrogen-bond acceptors (Lipinski definition) is 3. The second kappa shape index (κ2) is 7.67. The summed E-state index contributed by atoms with van der Waals surface area (Å²) in [7, 11) is 1.37. The van der Waals surface area contributed by atoms with Crippen LogP contribution in [-0.4, -0.2) is 30.4 Å². The molecule has 1 amide bonds. The molecule has 1 saturated heterocycles. The van der Waals surface area contributed by atoms with Crippen molar-refractivity contribution in [3.63, 3.8) is 0 Å². The highest BCUT2D eigenvalue weighted by molar-refractivity contribution is 5.93. The first kappa shape index (κ1) is 18.7. The van der Waals surface area contributed by atoms with Gasteiger partial charge in [0.15, 0.2) is 0 Å². The van der Waals surface area contributed by atoms with Crippen molar-refractivity contribution in [2.24, 2.45) is 5.41 Å². The van der Waals surface area contributed by atoms with Crippen LogP contribution in [0.15, 0.2) is 48.5 Å². The van der Waals surface area contributed by atoms with Gasteiger partial charge in [0, 0.05) is 13.1 Å². The van der Waals surface area contributed by atoms with Crippen LogP contribution in [0.4, 0.5) is 0 Å².